The van der Waals surface area contributed by atoms with Gasteiger partial charge in [0.05, 0.1) is 5.41 Å². The zero-order valence-corrected chi connectivity index (χ0v) is 8.51. The zero-order chi connectivity index (χ0) is 8.20. The van der Waals surface area contributed by atoms with Gasteiger partial charge in [0.15, 0.2) is 0 Å². The molecule has 3 heteroatoms. The molecule has 10 heavy (non-hydrogen) atoms. The molecule has 0 aromatic carbocycles. The van der Waals surface area contributed by atoms with Crippen molar-refractivity contribution in [2.45, 2.75) is 26.7 Å². The highest BCUT2D eigenvalue weighted by Gasteiger charge is 2.33. The zero-order valence-electron chi connectivity index (χ0n) is 6.35. The third-order valence-electron chi connectivity index (χ3n) is 2.06. The van der Waals surface area contributed by atoms with Crippen LogP contribution in [0, 0.1) is 5.41 Å². The summed E-state index contributed by atoms with van der Waals surface area (Å²) in [6.07, 6.45) is 1.45. The lowest BCUT2D eigenvalue weighted by Gasteiger charge is -2.23. The molecule has 0 unspecified atom stereocenters. The number of halogens is 1. The molecule has 60 valence electrons. The van der Waals surface area contributed by atoms with Crippen LogP contribution in [0.3, 0.4) is 0 Å². The predicted octanol–water partition coefficient (Wildman–Crippen LogP) is 2.31. The van der Waals surface area contributed by atoms with E-state index in [1.165, 1.54) is 0 Å². The van der Waals surface area contributed by atoms with Gasteiger partial charge in [0, 0.05) is 4.43 Å². The lowest BCUT2D eigenvalue weighted by molar-refractivity contribution is -0.147. The van der Waals surface area contributed by atoms with Crippen molar-refractivity contribution in [3.05, 3.63) is 0 Å². The molecule has 0 saturated heterocycles. The molecule has 0 bridgehead atoms. The van der Waals surface area contributed by atoms with Crippen LogP contribution in [0.2, 0.25) is 0 Å². The van der Waals surface area contributed by atoms with Gasteiger partial charge in [-0.05, 0) is 12.8 Å². The van der Waals surface area contributed by atoms with E-state index in [4.69, 9.17) is 5.11 Å². The second kappa shape index (κ2) is 4.16. The van der Waals surface area contributed by atoms with Crippen molar-refractivity contribution < 1.29 is 9.90 Å². The summed E-state index contributed by atoms with van der Waals surface area (Å²) >= 11 is 2.14. The molecule has 1 N–H and O–H groups in total. The molecular weight excluding hydrogens is 243 g/mol. The standard InChI is InChI=1S/C7H13IO2/c1-3-7(4-2,5-8)6(9)10/h3-5H2,1-2H3,(H,9,10). The van der Waals surface area contributed by atoms with Crippen LogP contribution < -0.4 is 0 Å². The van der Waals surface area contributed by atoms with Gasteiger partial charge in [0.25, 0.3) is 0 Å². The molecule has 0 aromatic heterocycles. The van der Waals surface area contributed by atoms with Crippen molar-refractivity contribution in [3.8, 4) is 0 Å². The Morgan fingerprint density at radius 3 is 1.90 bits per heavy atom. The maximum atomic E-state index is 10.7. The molecule has 0 spiro atoms. The summed E-state index contributed by atoms with van der Waals surface area (Å²) in [4.78, 5) is 10.7. The number of carbonyl (C=O) groups is 1. The third-order valence-corrected chi connectivity index (χ3v) is 3.52. The number of aliphatic carboxylic acids is 1. The summed E-state index contributed by atoms with van der Waals surface area (Å²) in [6, 6.07) is 0. The Morgan fingerprint density at radius 1 is 1.50 bits per heavy atom. The van der Waals surface area contributed by atoms with Gasteiger partial charge in [0.1, 0.15) is 0 Å². The number of alkyl halides is 1. The monoisotopic (exact) mass is 256 g/mol. The highest BCUT2D eigenvalue weighted by Crippen LogP contribution is 2.28. The fourth-order valence-electron chi connectivity index (χ4n) is 0.799. The van der Waals surface area contributed by atoms with Crippen molar-refractivity contribution in [3.63, 3.8) is 0 Å². The normalized spacial score (nSPS) is 11.5. The summed E-state index contributed by atoms with van der Waals surface area (Å²) in [5.74, 6) is -0.660. The second-order valence-electron chi connectivity index (χ2n) is 2.43. The molecule has 0 rings (SSSR count). The SMILES string of the molecule is CCC(CC)(CI)C(=O)O. The van der Waals surface area contributed by atoms with Crippen LogP contribution in [0.5, 0.6) is 0 Å². The van der Waals surface area contributed by atoms with E-state index in [-0.39, 0.29) is 0 Å². The molecule has 0 amide bonds. The van der Waals surface area contributed by atoms with E-state index >= 15 is 0 Å². The highest BCUT2D eigenvalue weighted by atomic mass is 127. The molecular formula is C7H13IO2. The van der Waals surface area contributed by atoms with Crippen LogP contribution in [0.25, 0.3) is 0 Å². The number of hydrogen-bond donors (Lipinski definition) is 1. The topological polar surface area (TPSA) is 37.3 Å². The summed E-state index contributed by atoms with van der Waals surface area (Å²) in [5.41, 5.74) is -0.472. The average molecular weight is 256 g/mol. The lowest BCUT2D eigenvalue weighted by atomic mass is 9.85. The van der Waals surface area contributed by atoms with E-state index in [0.29, 0.717) is 4.43 Å². The summed E-state index contributed by atoms with van der Waals surface area (Å²) in [7, 11) is 0. The van der Waals surface area contributed by atoms with Crippen molar-refractivity contribution in [2.24, 2.45) is 5.41 Å². The fourth-order valence-corrected chi connectivity index (χ4v) is 2.20. The first kappa shape index (κ1) is 10.2. The van der Waals surface area contributed by atoms with Crippen LogP contribution in [0.4, 0.5) is 0 Å². The van der Waals surface area contributed by atoms with Gasteiger partial charge in [-0.15, -0.1) is 0 Å². The number of carboxylic acids is 1. The average Bonchev–Trinajstić information content (AvgIpc) is 1.92. The second-order valence-corrected chi connectivity index (χ2v) is 3.19. The molecule has 0 aliphatic heterocycles. The Hall–Kier alpha value is 0.200. The molecule has 0 fully saturated rings. The Morgan fingerprint density at radius 2 is 1.90 bits per heavy atom. The van der Waals surface area contributed by atoms with Crippen molar-refractivity contribution in [2.75, 3.05) is 4.43 Å². The van der Waals surface area contributed by atoms with Crippen molar-refractivity contribution >= 4 is 28.6 Å². The molecule has 0 saturated carbocycles. The number of hydrogen-bond acceptors (Lipinski definition) is 1. The minimum absolute atomic E-state index is 0.472. The van der Waals surface area contributed by atoms with E-state index in [0.717, 1.165) is 12.8 Å². The maximum absolute atomic E-state index is 10.7. The van der Waals surface area contributed by atoms with Crippen LogP contribution in [0.15, 0.2) is 0 Å². The van der Waals surface area contributed by atoms with Gasteiger partial charge in [-0.2, -0.15) is 0 Å². The predicted molar refractivity (Wildman–Crippen MR) is 49.5 cm³/mol. The number of rotatable bonds is 4. The van der Waals surface area contributed by atoms with Crippen LogP contribution in [-0.4, -0.2) is 15.5 Å². The first-order valence-corrected chi connectivity index (χ1v) is 4.95. The van der Waals surface area contributed by atoms with E-state index in [1.54, 1.807) is 0 Å². The maximum Gasteiger partial charge on any atom is 0.310 e. The molecule has 0 heterocycles. The first-order valence-electron chi connectivity index (χ1n) is 3.42. The highest BCUT2D eigenvalue weighted by molar-refractivity contribution is 14.1. The Balaban J connectivity index is 4.31. The Labute approximate surface area is 75.1 Å². The minimum Gasteiger partial charge on any atom is -0.481 e. The first-order chi connectivity index (χ1) is 4.63. The summed E-state index contributed by atoms with van der Waals surface area (Å²) in [6.45, 7) is 3.85. The van der Waals surface area contributed by atoms with Gasteiger partial charge in [-0.25, -0.2) is 0 Å². The van der Waals surface area contributed by atoms with Crippen LogP contribution in [-0.2, 0) is 4.79 Å². The molecule has 0 radical (unpaired) electrons. The molecule has 0 atom stereocenters. The Bertz CT molecular complexity index is 111. The van der Waals surface area contributed by atoms with Gasteiger partial charge >= 0.3 is 5.97 Å². The van der Waals surface area contributed by atoms with E-state index in [2.05, 4.69) is 22.6 Å². The minimum atomic E-state index is -0.660. The van der Waals surface area contributed by atoms with Gasteiger partial charge in [-0.3, -0.25) is 4.79 Å². The largest absolute Gasteiger partial charge is 0.481 e. The smallest absolute Gasteiger partial charge is 0.310 e. The fraction of sp³-hybridized carbons (Fsp3) is 0.857. The van der Waals surface area contributed by atoms with Crippen molar-refractivity contribution in [1.29, 1.82) is 0 Å². The summed E-state index contributed by atoms with van der Waals surface area (Å²) in [5, 5.41) is 8.82. The van der Waals surface area contributed by atoms with Gasteiger partial charge < -0.3 is 5.11 Å². The van der Waals surface area contributed by atoms with E-state index < -0.39 is 11.4 Å². The molecule has 2 nitrogen and oxygen atoms in total. The molecule has 0 aromatic rings. The lowest BCUT2D eigenvalue weighted by Crippen LogP contribution is -2.31. The summed E-state index contributed by atoms with van der Waals surface area (Å²) < 4.78 is 0.701. The van der Waals surface area contributed by atoms with Crippen LogP contribution >= 0.6 is 22.6 Å². The van der Waals surface area contributed by atoms with Gasteiger partial charge in [0.2, 0.25) is 0 Å². The van der Waals surface area contributed by atoms with Crippen molar-refractivity contribution in [1.82, 2.24) is 0 Å². The molecule has 0 aliphatic carbocycles. The third kappa shape index (κ3) is 1.84. The quantitative estimate of drug-likeness (QED) is 0.619. The number of carboxylic acid groups (broad SMARTS) is 1. The Kier molecular flexibility index (Phi) is 4.24. The van der Waals surface area contributed by atoms with E-state index in [1.807, 2.05) is 13.8 Å². The molecule has 0 aliphatic rings. The van der Waals surface area contributed by atoms with E-state index in [9.17, 15) is 4.79 Å². The van der Waals surface area contributed by atoms with Crippen LogP contribution in [0.1, 0.15) is 26.7 Å². The van der Waals surface area contributed by atoms with Gasteiger partial charge in [-0.1, -0.05) is 36.4 Å².